The maximum Gasteiger partial charge on any atom is 0.137 e. The molecule has 2 aliphatic rings. The van der Waals surface area contributed by atoms with Crippen LogP contribution in [0.4, 0.5) is 4.39 Å². The maximum absolute atomic E-state index is 13.5. The zero-order chi connectivity index (χ0) is 17.5. The van der Waals surface area contributed by atoms with Crippen molar-refractivity contribution in [2.75, 3.05) is 13.1 Å². The standard InChI is InChI=1S/C20H24FN5/c21-16-5-6-26(12-16)17-3-1-13(2-4-17)14-7-18-19(15-9-24-25-10-15)11-23-20(18)22-8-14/h7-11,13,16-17H,1-6,12H2,(H,22,23)(H,24,25)/t13?,16-,17?/m0/s1. The number of rotatable bonds is 3. The second kappa shape index (κ2) is 6.50. The Labute approximate surface area is 152 Å². The molecule has 1 aliphatic carbocycles. The SMILES string of the molecule is F[C@H]1CCN(C2CCC(c3cnc4[nH]cc(-c5cn[nH]c5)c4c3)CC2)C1. The van der Waals surface area contributed by atoms with Gasteiger partial charge in [0.1, 0.15) is 11.8 Å². The number of fused-ring (bicyclic) bond motifs is 1. The molecule has 0 aromatic carbocycles. The molecular formula is C20H24FN5. The van der Waals surface area contributed by atoms with Crippen molar-refractivity contribution in [3.63, 3.8) is 0 Å². The van der Waals surface area contributed by atoms with E-state index in [4.69, 9.17) is 0 Å². The van der Waals surface area contributed by atoms with Crippen LogP contribution in [0.3, 0.4) is 0 Å². The van der Waals surface area contributed by atoms with Crippen LogP contribution in [0.1, 0.15) is 43.6 Å². The smallest absolute Gasteiger partial charge is 0.137 e. The van der Waals surface area contributed by atoms with Gasteiger partial charge in [-0.2, -0.15) is 5.10 Å². The van der Waals surface area contributed by atoms with Gasteiger partial charge in [-0.1, -0.05) is 0 Å². The lowest BCUT2D eigenvalue weighted by Gasteiger charge is -2.34. The minimum Gasteiger partial charge on any atom is -0.346 e. The second-order valence-electron chi connectivity index (χ2n) is 7.74. The Balaban J connectivity index is 1.34. The zero-order valence-electron chi connectivity index (χ0n) is 14.8. The molecule has 26 heavy (non-hydrogen) atoms. The van der Waals surface area contributed by atoms with E-state index in [1.165, 1.54) is 5.56 Å². The summed E-state index contributed by atoms with van der Waals surface area (Å²) in [5.41, 5.74) is 4.46. The highest BCUT2D eigenvalue weighted by atomic mass is 19.1. The summed E-state index contributed by atoms with van der Waals surface area (Å²) in [5.74, 6) is 0.555. The van der Waals surface area contributed by atoms with Gasteiger partial charge in [0.25, 0.3) is 0 Å². The van der Waals surface area contributed by atoms with E-state index in [0.717, 1.165) is 54.4 Å². The number of alkyl halides is 1. The molecule has 0 amide bonds. The lowest BCUT2D eigenvalue weighted by molar-refractivity contribution is 0.170. The molecule has 1 aliphatic heterocycles. The Morgan fingerprint density at radius 2 is 1.96 bits per heavy atom. The van der Waals surface area contributed by atoms with Gasteiger partial charge in [-0.15, -0.1) is 0 Å². The van der Waals surface area contributed by atoms with Crippen molar-refractivity contribution in [1.82, 2.24) is 25.1 Å². The van der Waals surface area contributed by atoms with Crippen molar-refractivity contribution in [3.8, 4) is 11.1 Å². The first-order chi connectivity index (χ1) is 12.8. The van der Waals surface area contributed by atoms with Crippen LogP contribution in [-0.2, 0) is 0 Å². The van der Waals surface area contributed by atoms with Crippen molar-refractivity contribution in [1.29, 1.82) is 0 Å². The molecule has 0 spiro atoms. The molecule has 4 heterocycles. The number of aromatic nitrogens is 4. The Bertz CT molecular complexity index is 879. The summed E-state index contributed by atoms with van der Waals surface area (Å²) in [7, 11) is 0. The molecule has 2 N–H and O–H groups in total. The largest absolute Gasteiger partial charge is 0.346 e. The first-order valence-corrected chi connectivity index (χ1v) is 9.62. The fraction of sp³-hybridized carbons (Fsp3) is 0.500. The molecule has 0 radical (unpaired) electrons. The second-order valence-corrected chi connectivity index (χ2v) is 7.74. The maximum atomic E-state index is 13.5. The third-order valence-electron chi connectivity index (χ3n) is 6.21. The Morgan fingerprint density at radius 3 is 2.69 bits per heavy atom. The van der Waals surface area contributed by atoms with E-state index in [0.29, 0.717) is 24.9 Å². The van der Waals surface area contributed by atoms with Gasteiger partial charge in [0.15, 0.2) is 0 Å². The van der Waals surface area contributed by atoms with E-state index in [9.17, 15) is 4.39 Å². The summed E-state index contributed by atoms with van der Waals surface area (Å²) in [5, 5.41) is 8.10. The van der Waals surface area contributed by atoms with Gasteiger partial charge in [-0.3, -0.25) is 10.00 Å². The van der Waals surface area contributed by atoms with Crippen LogP contribution < -0.4 is 0 Å². The van der Waals surface area contributed by atoms with E-state index < -0.39 is 6.17 Å². The van der Waals surface area contributed by atoms with Gasteiger partial charge < -0.3 is 4.98 Å². The predicted molar refractivity (Wildman–Crippen MR) is 99.8 cm³/mol. The lowest BCUT2D eigenvalue weighted by Crippen LogP contribution is -2.36. The van der Waals surface area contributed by atoms with E-state index >= 15 is 0 Å². The molecule has 6 heteroatoms. The highest BCUT2D eigenvalue weighted by Crippen LogP contribution is 2.37. The summed E-state index contributed by atoms with van der Waals surface area (Å²) in [6.45, 7) is 1.57. The monoisotopic (exact) mass is 353 g/mol. The highest BCUT2D eigenvalue weighted by molar-refractivity contribution is 5.93. The van der Waals surface area contributed by atoms with Crippen LogP contribution in [0.2, 0.25) is 0 Å². The number of aromatic amines is 2. The number of halogens is 1. The Hall–Kier alpha value is -2.21. The van der Waals surface area contributed by atoms with Crippen LogP contribution in [0, 0.1) is 0 Å². The first kappa shape index (κ1) is 16.0. The van der Waals surface area contributed by atoms with E-state index in [2.05, 4.69) is 31.1 Å². The quantitative estimate of drug-likeness (QED) is 0.747. The Kier molecular flexibility index (Phi) is 4.00. The molecule has 0 unspecified atom stereocenters. The van der Waals surface area contributed by atoms with Crippen LogP contribution in [-0.4, -0.2) is 50.4 Å². The molecule has 136 valence electrons. The third-order valence-corrected chi connectivity index (χ3v) is 6.21. The van der Waals surface area contributed by atoms with E-state index in [1.807, 2.05) is 24.8 Å². The number of likely N-dealkylation sites (tertiary alicyclic amines) is 1. The summed E-state index contributed by atoms with van der Waals surface area (Å²) < 4.78 is 13.5. The molecule has 3 aromatic rings. The van der Waals surface area contributed by atoms with Gasteiger partial charge in [-0.25, -0.2) is 9.37 Å². The fourth-order valence-electron chi connectivity index (χ4n) is 4.73. The molecule has 0 bridgehead atoms. The molecule has 1 saturated carbocycles. The van der Waals surface area contributed by atoms with Crippen LogP contribution in [0.25, 0.3) is 22.2 Å². The zero-order valence-corrected chi connectivity index (χ0v) is 14.8. The van der Waals surface area contributed by atoms with Gasteiger partial charge in [-0.05, 0) is 49.7 Å². The van der Waals surface area contributed by atoms with Crippen molar-refractivity contribution in [2.24, 2.45) is 0 Å². The number of nitrogens with zero attached hydrogens (tertiary/aromatic N) is 3. The molecule has 5 rings (SSSR count). The van der Waals surface area contributed by atoms with Gasteiger partial charge in [0.2, 0.25) is 0 Å². The van der Waals surface area contributed by atoms with Crippen molar-refractivity contribution in [3.05, 3.63) is 36.4 Å². The molecule has 5 nitrogen and oxygen atoms in total. The van der Waals surface area contributed by atoms with E-state index in [1.54, 1.807) is 0 Å². The van der Waals surface area contributed by atoms with Gasteiger partial charge in [0, 0.05) is 54.2 Å². The van der Waals surface area contributed by atoms with Crippen LogP contribution >= 0.6 is 0 Å². The summed E-state index contributed by atoms with van der Waals surface area (Å²) >= 11 is 0. The minimum atomic E-state index is -0.616. The van der Waals surface area contributed by atoms with Gasteiger partial charge in [0.05, 0.1) is 6.20 Å². The number of nitrogens with one attached hydrogen (secondary N) is 2. The third kappa shape index (κ3) is 2.82. The molecule has 3 aromatic heterocycles. The van der Waals surface area contributed by atoms with E-state index in [-0.39, 0.29) is 0 Å². The first-order valence-electron chi connectivity index (χ1n) is 9.62. The minimum absolute atomic E-state index is 0.555. The van der Waals surface area contributed by atoms with Gasteiger partial charge >= 0.3 is 0 Å². The number of hydrogen-bond acceptors (Lipinski definition) is 3. The summed E-state index contributed by atoms with van der Waals surface area (Å²) in [6.07, 6.45) is 12.5. The molecule has 2 fully saturated rings. The van der Waals surface area contributed by atoms with Crippen LogP contribution in [0.15, 0.2) is 30.9 Å². The average molecular weight is 353 g/mol. The molecule has 1 atom stereocenters. The highest BCUT2D eigenvalue weighted by Gasteiger charge is 2.31. The number of pyridine rings is 1. The number of H-pyrrole nitrogens is 2. The topological polar surface area (TPSA) is 60.6 Å². The Morgan fingerprint density at radius 1 is 1.08 bits per heavy atom. The fourth-order valence-corrected chi connectivity index (χ4v) is 4.73. The molecule has 1 saturated heterocycles. The molecular weight excluding hydrogens is 329 g/mol. The van der Waals surface area contributed by atoms with Crippen molar-refractivity contribution >= 4 is 11.0 Å². The summed E-state index contributed by atoms with van der Waals surface area (Å²) in [4.78, 5) is 10.3. The normalized spacial score (nSPS) is 27.3. The predicted octanol–water partition coefficient (Wildman–Crippen LogP) is 4.02. The summed E-state index contributed by atoms with van der Waals surface area (Å²) in [6, 6.07) is 2.86. The van der Waals surface area contributed by atoms with Crippen molar-refractivity contribution < 1.29 is 4.39 Å². The number of hydrogen-bond donors (Lipinski definition) is 2. The van der Waals surface area contributed by atoms with Crippen LogP contribution in [0.5, 0.6) is 0 Å². The lowest BCUT2D eigenvalue weighted by atomic mass is 9.81. The average Bonchev–Trinajstić information content (AvgIpc) is 3.41. The van der Waals surface area contributed by atoms with Crippen molar-refractivity contribution in [2.45, 2.75) is 50.2 Å².